The number of phosphoric acid groups is 3. The molecule has 2 aliphatic rings. The fourth-order valence-corrected chi connectivity index (χ4v) is 8.90. The van der Waals surface area contributed by atoms with Gasteiger partial charge in [0.25, 0.3) is 0 Å². The number of nitrogens with zero attached hydrogens (tertiary/aromatic N) is 4. The highest BCUT2D eigenvalue weighted by atomic mass is 32.2. The van der Waals surface area contributed by atoms with Crippen LogP contribution >= 0.6 is 35.2 Å². The molecule has 2 fully saturated rings. The van der Waals surface area contributed by atoms with Gasteiger partial charge in [0.1, 0.15) is 36.3 Å². The molecule has 310 valence electrons. The number of fused-ring (bicyclic) bond motifs is 1. The fourth-order valence-electron chi connectivity index (χ4n) is 5.27. The highest BCUT2D eigenvalue weighted by molar-refractivity contribution is 8.13. The molecule has 0 bridgehead atoms. The molecule has 25 nitrogen and oxygen atoms in total. The van der Waals surface area contributed by atoms with E-state index in [4.69, 9.17) is 19.5 Å². The van der Waals surface area contributed by atoms with Crippen LogP contribution in [-0.2, 0) is 50.7 Å². The van der Waals surface area contributed by atoms with Crippen molar-refractivity contribution in [1.82, 2.24) is 35.5 Å². The number of carbonyl (C=O) groups is 3. The lowest BCUT2D eigenvalue weighted by Gasteiger charge is -2.30. The second-order valence-corrected chi connectivity index (χ2v) is 18.2. The molecule has 2 aliphatic heterocycles. The predicted octanol–water partition coefficient (Wildman–Crippen LogP) is -1.58. The lowest BCUT2D eigenvalue weighted by atomic mass is 9.87. The Hall–Kier alpha value is -2.48. The summed E-state index contributed by atoms with van der Waals surface area (Å²) in [5.41, 5.74) is 4.27. The average Bonchev–Trinajstić information content (AvgIpc) is 3.84. The van der Waals surface area contributed by atoms with E-state index in [1.165, 1.54) is 13.8 Å². The summed E-state index contributed by atoms with van der Waals surface area (Å²) in [6, 6.07) is -0.183. The SMILES string of the molecule is CC(C)(COP(=O)(O)OP(=O)(O)OCC1OC(n2cnc3c(N)ncnc32)C(O)C1OP(=O)(O)O)C(O)C(=O)NCCC(=O)NCCSC(=O)C1CCCN1. The van der Waals surface area contributed by atoms with Crippen molar-refractivity contribution in [2.75, 3.05) is 44.3 Å². The Morgan fingerprint density at radius 1 is 1.11 bits per heavy atom. The first-order valence-corrected chi connectivity index (χ1v) is 21.9. The van der Waals surface area contributed by atoms with Gasteiger partial charge in [-0.1, -0.05) is 25.6 Å². The van der Waals surface area contributed by atoms with E-state index in [1.54, 1.807) is 0 Å². The third kappa shape index (κ3) is 13.0. The zero-order valence-electron chi connectivity index (χ0n) is 29.3. The predicted molar refractivity (Wildman–Crippen MR) is 188 cm³/mol. The van der Waals surface area contributed by atoms with Crippen molar-refractivity contribution in [2.24, 2.45) is 5.41 Å². The zero-order valence-corrected chi connectivity index (χ0v) is 32.8. The van der Waals surface area contributed by atoms with Gasteiger partial charge >= 0.3 is 23.5 Å². The third-order valence-electron chi connectivity index (χ3n) is 8.09. The van der Waals surface area contributed by atoms with Gasteiger partial charge in [0, 0.05) is 30.7 Å². The quantitative estimate of drug-likeness (QED) is 0.0530. The molecule has 4 rings (SSSR count). The van der Waals surface area contributed by atoms with Gasteiger partial charge in [0.05, 0.1) is 25.6 Å². The van der Waals surface area contributed by atoms with Gasteiger partial charge in [-0.3, -0.25) is 32.5 Å². The summed E-state index contributed by atoms with van der Waals surface area (Å²) in [5.74, 6) is -1.07. The van der Waals surface area contributed by atoms with E-state index in [1.807, 2.05) is 0 Å². The topological polar surface area (TPSA) is 376 Å². The zero-order chi connectivity index (χ0) is 40.8. The van der Waals surface area contributed by atoms with E-state index in [0.717, 1.165) is 48.4 Å². The van der Waals surface area contributed by atoms with Gasteiger partial charge in [0.2, 0.25) is 16.9 Å². The molecule has 0 aromatic carbocycles. The van der Waals surface area contributed by atoms with Crippen LogP contribution in [0.3, 0.4) is 0 Å². The maximum atomic E-state index is 12.7. The number of phosphoric ester groups is 3. The molecule has 4 heterocycles. The summed E-state index contributed by atoms with van der Waals surface area (Å²) in [6.07, 6.45) is -5.19. The van der Waals surface area contributed by atoms with Gasteiger partial charge in [-0.2, -0.15) is 4.31 Å². The standard InChI is InChI=1S/C26H43N8O17P3S/c1-26(2,20(37)23(38)30-7-5-16(35)29-8-9-55-25(39)14-4-3-6-28-14)11-48-54(45,46)51-53(43,44)47-10-15-19(50-52(40,41)42)18(36)24(49-15)34-13-33-17-21(27)31-12-32-22(17)34/h12-15,18-20,24,28,36-37H,3-11H2,1-2H3,(H,29,35)(H,30,38)(H,43,44)(H,45,46)(H2,27,31,32)(H2,40,41,42). The number of amides is 2. The first-order chi connectivity index (χ1) is 25.6. The monoisotopic (exact) mass is 864 g/mol. The van der Waals surface area contributed by atoms with Crippen LogP contribution in [0.5, 0.6) is 0 Å². The van der Waals surface area contributed by atoms with Gasteiger partial charge in [-0.05, 0) is 19.4 Å². The third-order valence-corrected chi connectivity index (χ3v) is 12.2. The number of hydrogen-bond acceptors (Lipinski definition) is 19. The molecule has 11 N–H and O–H groups in total. The number of rotatable bonds is 20. The van der Waals surface area contributed by atoms with Crippen molar-refractivity contribution in [3.63, 3.8) is 0 Å². The van der Waals surface area contributed by atoms with Crippen molar-refractivity contribution < 1.29 is 80.5 Å². The van der Waals surface area contributed by atoms with Crippen LogP contribution in [0.15, 0.2) is 12.7 Å². The minimum Gasteiger partial charge on any atom is -0.386 e. The Morgan fingerprint density at radius 3 is 2.49 bits per heavy atom. The van der Waals surface area contributed by atoms with E-state index in [-0.39, 0.29) is 47.6 Å². The van der Waals surface area contributed by atoms with Gasteiger partial charge in [0.15, 0.2) is 17.7 Å². The molecule has 55 heavy (non-hydrogen) atoms. The number of carbonyl (C=O) groups excluding carboxylic acids is 3. The summed E-state index contributed by atoms with van der Waals surface area (Å²) in [7, 11) is -16.4. The number of imidazole rings is 1. The first kappa shape index (κ1) is 45.2. The number of anilines is 1. The number of nitrogens with one attached hydrogen (secondary N) is 3. The maximum Gasteiger partial charge on any atom is 0.481 e. The van der Waals surface area contributed by atoms with Crippen LogP contribution in [0.1, 0.15) is 39.3 Å². The normalized spacial score (nSPS) is 24.6. The number of hydrogen-bond donors (Lipinski definition) is 10. The second-order valence-electron chi connectivity index (χ2n) is 12.9. The number of aliphatic hydroxyl groups is 2. The number of nitrogen functional groups attached to an aromatic ring is 1. The molecule has 29 heteroatoms. The highest BCUT2D eigenvalue weighted by Crippen LogP contribution is 2.61. The Morgan fingerprint density at radius 2 is 1.82 bits per heavy atom. The van der Waals surface area contributed by atoms with Crippen LogP contribution in [0.4, 0.5) is 5.82 Å². The van der Waals surface area contributed by atoms with Gasteiger partial charge < -0.3 is 56.2 Å². The van der Waals surface area contributed by atoms with Crippen molar-refractivity contribution in [1.29, 1.82) is 0 Å². The number of thioether (sulfide) groups is 1. The Bertz CT molecular complexity index is 1830. The van der Waals surface area contributed by atoms with Crippen LogP contribution < -0.4 is 21.7 Å². The summed E-state index contributed by atoms with van der Waals surface area (Å²) in [4.78, 5) is 87.6. The molecule has 0 saturated carbocycles. The van der Waals surface area contributed by atoms with Crippen LogP contribution in [0.25, 0.3) is 11.2 Å². The lowest BCUT2D eigenvalue weighted by molar-refractivity contribution is -0.137. The van der Waals surface area contributed by atoms with Crippen molar-refractivity contribution in [3.8, 4) is 0 Å². The molecule has 0 aliphatic carbocycles. The molecule has 0 spiro atoms. The van der Waals surface area contributed by atoms with E-state index < -0.39 is 84.6 Å². The van der Waals surface area contributed by atoms with E-state index in [0.29, 0.717) is 5.75 Å². The number of aliphatic hydroxyl groups excluding tert-OH is 2. The number of nitrogens with two attached hydrogens (primary N) is 1. The molecule has 2 aromatic rings. The van der Waals surface area contributed by atoms with Crippen molar-refractivity contribution in [3.05, 3.63) is 12.7 Å². The average molecular weight is 865 g/mol. The molecule has 2 saturated heterocycles. The molecule has 8 unspecified atom stereocenters. The summed E-state index contributed by atoms with van der Waals surface area (Å²) < 4.78 is 62.1. The van der Waals surface area contributed by atoms with Crippen LogP contribution in [-0.4, -0.2) is 135 Å². The van der Waals surface area contributed by atoms with E-state index in [2.05, 4.69) is 39.7 Å². The van der Waals surface area contributed by atoms with Crippen LogP contribution in [0, 0.1) is 5.41 Å². The summed E-state index contributed by atoms with van der Waals surface area (Å²) >= 11 is 1.10. The molecule has 8 atom stereocenters. The van der Waals surface area contributed by atoms with E-state index >= 15 is 0 Å². The lowest BCUT2D eigenvalue weighted by Crippen LogP contribution is -2.46. The van der Waals surface area contributed by atoms with Crippen molar-refractivity contribution >= 4 is 69.1 Å². The van der Waals surface area contributed by atoms with Gasteiger partial charge in [-0.15, -0.1) is 0 Å². The smallest absolute Gasteiger partial charge is 0.386 e. The van der Waals surface area contributed by atoms with E-state index in [9.17, 15) is 57.9 Å². The number of aromatic nitrogens is 4. The molecular formula is C26H43N8O17P3S. The fraction of sp³-hybridized carbons (Fsp3) is 0.692. The van der Waals surface area contributed by atoms with Crippen LogP contribution in [0.2, 0.25) is 0 Å². The molecule has 2 aromatic heterocycles. The first-order valence-electron chi connectivity index (χ1n) is 16.4. The summed E-state index contributed by atoms with van der Waals surface area (Å²) in [5, 5.41) is 29.5. The Kier molecular flexibility index (Phi) is 15.5. The summed E-state index contributed by atoms with van der Waals surface area (Å²) in [6.45, 7) is 1.32. The molecular weight excluding hydrogens is 821 g/mol. The Labute approximate surface area is 316 Å². The largest absolute Gasteiger partial charge is 0.481 e. The molecule has 2 amide bonds. The molecule has 0 radical (unpaired) electrons. The maximum absolute atomic E-state index is 12.7. The number of ether oxygens (including phenoxy) is 1. The minimum atomic E-state index is -5.57. The minimum absolute atomic E-state index is 0.00341. The van der Waals surface area contributed by atoms with Crippen molar-refractivity contribution in [2.45, 2.75) is 69.8 Å². The second kappa shape index (κ2) is 18.9. The van der Waals surface area contributed by atoms with Gasteiger partial charge in [-0.25, -0.2) is 28.6 Å². The highest BCUT2D eigenvalue weighted by Gasteiger charge is 2.50. The Balaban J connectivity index is 1.23.